The number of hydrogen-bond donors (Lipinski definition) is 1. The molecule has 0 unspecified atom stereocenters. The van der Waals surface area contributed by atoms with Crippen LogP contribution in [0.15, 0.2) is 41.6 Å². The number of anilines is 1. The number of halogens is 3. The van der Waals surface area contributed by atoms with E-state index in [1.54, 1.807) is 0 Å². The van der Waals surface area contributed by atoms with Crippen molar-refractivity contribution in [1.29, 1.82) is 0 Å². The fourth-order valence-corrected chi connectivity index (χ4v) is 4.07. The number of carbonyl (C=O) groups excluding carboxylic acids is 1. The summed E-state index contributed by atoms with van der Waals surface area (Å²) in [5, 5.41) is 12.7. The highest BCUT2D eigenvalue weighted by Gasteiger charge is 2.15. The minimum atomic E-state index is -0.258. The molecule has 140 valence electrons. The van der Waals surface area contributed by atoms with Crippen molar-refractivity contribution in [2.75, 3.05) is 11.1 Å². The number of rotatable bonds is 5. The minimum absolute atomic E-state index is 0.134. The third-order valence-electron chi connectivity index (χ3n) is 3.71. The molecule has 9 heteroatoms. The van der Waals surface area contributed by atoms with Crippen molar-refractivity contribution in [2.24, 2.45) is 7.05 Å². The Bertz CT molecular complexity index is 983. The van der Waals surface area contributed by atoms with Crippen LogP contribution in [0.3, 0.4) is 0 Å². The van der Waals surface area contributed by atoms with Crippen LogP contribution in [0.1, 0.15) is 5.56 Å². The summed E-state index contributed by atoms with van der Waals surface area (Å²) in [6.45, 7) is 2.02. The monoisotopic (exact) mass is 440 g/mol. The number of thioether (sulfide) groups is 1. The first-order valence-corrected chi connectivity index (χ1v) is 10.0. The number of aromatic nitrogens is 3. The lowest BCUT2D eigenvalue weighted by molar-refractivity contribution is -0.113. The van der Waals surface area contributed by atoms with Crippen molar-refractivity contribution in [1.82, 2.24) is 14.8 Å². The summed E-state index contributed by atoms with van der Waals surface area (Å²) in [6, 6.07) is 11.0. The highest BCUT2D eigenvalue weighted by atomic mass is 35.5. The third-order valence-corrected chi connectivity index (χ3v) is 5.55. The molecule has 3 aromatic rings. The number of aryl methyl sites for hydroxylation is 1. The van der Waals surface area contributed by atoms with E-state index in [4.69, 9.17) is 34.8 Å². The van der Waals surface area contributed by atoms with Crippen molar-refractivity contribution in [3.05, 3.63) is 57.0 Å². The normalized spacial score (nSPS) is 10.9. The lowest BCUT2D eigenvalue weighted by atomic mass is 10.1. The largest absolute Gasteiger partial charge is 0.323 e. The van der Waals surface area contributed by atoms with E-state index in [-0.39, 0.29) is 21.7 Å². The maximum atomic E-state index is 12.3. The first-order valence-electron chi connectivity index (χ1n) is 7.89. The molecule has 0 spiro atoms. The topological polar surface area (TPSA) is 59.8 Å². The van der Waals surface area contributed by atoms with E-state index in [0.29, 0.717) is 15.9 Å². The Hall–Kier alpha value is -1.73. The second-order valence-electron chi connectivity index (χ2n) is 5.82. The minimum Gasteiger partial charge on any atom is -0.323 e. The van der Waals surface area contributed by atoms with Crippen LogP contribution in [0.5, 0.6) is 0 Å². The van der Waals surface area contributed by atoms with Crippen molar-refractivity contribution in [2.45, 2.75) is 12.1 Å². The number of hydrogen-bond acceptors (Lipinski definition) is 4. The zero-order valence-electron chi connectivity index (χ0n) is 14.5. The number of carbonyl (C=O) groups is 1. The predicted octanol–water partition coefficient (Wildman–Crippen LogP) is 5.48. The molecule has 1 aromatic heterocycles. The van der Waals surface area contributed by atoms with Gasteiger partial charge in [0.05, 0.1) is 21.5 Å². The van der Waals surface area contributed by atoms with Gasteiger partial charge in [-0.1, -0.05) is 70.3 Å². The molecule has 0 aliphatic heterocycles. The first-order chi connectivity index (χ1) is 12.8. The summed E-state index contributed by atoms with van der Waals surface area (Å²) < 4.78 is 1.86. The van der Waals surface area contributed by atoms with Gasteiger partial charge in [0, 0.05) is 17.6 Å². The van der Waals surface area contributed by atoms with Crippen LogP contribution >= 0.6 is 46.6 Å². The zero-order chi connectivity index (χ0) is 19.6. The quantitative estimate of drug-likeness (QED) is 0.532. The van der Waals surface area contributed by atoms with Gasteiger partial charge in [-0.25, -0.2) is 0 Å². The highest BCUT2D eigenvalue weighted by molar-refractivity contribution is 7.99. The highest BCUT2D eigenvalue weighted by Crippen LogP contribution is 2.34. The molecule has 5 nitrogen and oxygen atoms in total. The van der Waals surface area contributed by atoms with Crippen LogP contribution in [-0.2, 0) is 11.8 Å². The SMILES string of the molecule is Cc1cccc(-c2nnc(SCC(=O)Nc3c(Cl)cc(Cl)cc3Cl)n2C)c1. The molecule has 0 fully saturated rings. The van der Waals surface area contributed by atoms with E-state index in [1.807, 2.05) is 42.8 Å². The molecule has 0 saturated carbocycles. The summed E-state index contributed by atoms with van der Waals surface area (Å²) in [5.74, 6) is 0.617. The molecule has 0 aliphatic rings. The lowest BCUT2D eigenvalue weighted by Gasteiger charge is -2.09. The van der Waals surface area contributed by atoms with Crippen LogP contribution in [-0.4, -0.2) is 26.4 Å². The van der Waals surface area contributed by atoms with Gasteiger partial charge in [0.25, 0.3) is 0 Å². The smallest absolute Gasteiger partial charge is 0.234 e. The average molecular weight is 442 g/mol. The van der Waals surface area contributed by atoms with Crippen LogP contribution in [0, 0.1) is 6.92 Å². The fraction of sp³-hybridized carbons (Fsp3) is 0.167. The van der Waals surface area contributed by atoms with Gasteiger partial charge in [0.2, 0.25) is 5.91 Å². The van der Waals surface area contributed by atoms with E-state index in [0.717, 1.165) is 17.0 Å². The number of amides is 1. The van der Waals surface area contributed by atoms with E-state index < -0.39 is 0 Å². The van der Waals surface area contributed by atoms with E-state index in [1.165, 1.54) is 23.9 Å². The molecule has 3 rings (SSSR count). The molecule has 0 aliphatic carbocycles. The summed E-state index contributed by atoms with van der Waals surface area (Å²) >= 11 is 19.3. The summed E-state index contributed by atoms with van der Waals surface area (Å²) in [6.07, 6.45) is 0. The summed E-state index contributed by atoms with van der Waals surface area (Å²) in [5.41, 5.74) is 2.45. The van der Waals surface area contributed by atoms with Gasteiger partial charge in [-0.15, -0.1) is 10.2 Å². The molecule has 1 amide bonds. The van der Waals surface area contributed by atoms with Crippen molar-refractivity contribution in [3.8, 4) is 11.4 Å². The average Bonchev–Trinajstić information content (AvgIpc) is 2.97. The molecule has 2 aromatic carbocycles. The Kier molecular flexibility index (Phi) is 6.32. The van der Waals surface area contributed by atoms with Crippen molar-refractivity contribution < 1.29 is 4.79 Å². The molecule has 1 heterocycles. The summed E-state index contributed by atoms with van der Waals surface area (Å²) in [7, 11) is 1.87. The lowest BCUT2D eigenvalue weighted by Crippen LogP contribution is -2.15. The molecule has 1 N–H and O–H groups in total. The molecular formula is C18H15Cl3N4OS. The third kappa shape index (κ3) is 4.76. The second kappa shape index (κ2) is 8.52. The van der Waals surface area contributed by atoms with Crippen LogP contribution in [0.2, 0.25) is 15.1 Å². The Morgan fingerprint density at radius 1 is 1.15 bits per heavy atom. The molecule has 0 atom stereocenters. The van der Waals surface area contributed by atoms with E-state index in [2.05, 4.69) is 15.5 Å². The van der Waals surface area contributed by atoms with Crippen LogP contribution in [0.25, 0.3) is 11.4 Å². The van der Waals surface area contributed by atoms with Crippen molar-refractivity contribution >= 4 is 58.2 Å². The van der Waals surface area contributed by atoms with E-state index >= 15 is 0 Å². The number of benzene rings is 2. The van der Waals surface area contributed by atoms with Gasteiger partial charge in [0.1, 0.15) is 0 Å². The Labute approximate surface area is 176 Å². The number of nitrogens with one attached hydrogen (secondary N) is 1. The Morgan fingerprint density at radius 3 is 2.52 bits per heavy atom. The fourth-order valence-electron chi connectivity index (χ4n) is 2.44. The van der Waals surface area contributed by atoms with Gasteiger partial charge in [-0.3, -0.25) is 4.79 Å². The molecule has 0 radical (unpaired) electrons. The standard InChI is InChI=1S/C18H15Cl3N4OS/c1-10-4-3-5-11(6-10)17-23-24-18(25(17)2)27-9-15(26)22-16-13(20)7-12(19)8-14(16)21/h3-8H,9H2,1-2H3,(H,22,26). The van der Waals surface area contributed by atoms with Crippen molar-refractivity contribution in [3.63, 3.8) is 0 Å². The first kappa shape index (κ1) is 20.0. The van der Waals surface area contributed by atoms with Gasteiger partial charge < -0.3 is 9.88 Å². The second-order valence-corrected chi connectivity index (χ2v) is 8.01. The molecule has 0 saturated heterocycles. The molecular weight excluding hydrogens is 427 g/mol. The Balaban J connectivity index is 1.68. The van der Waals surface area contributed by atoms with Gasteiger partial charge in [-0.2, -0.15) is 0 Å². The van der Waals surface area contributed by atoms with Crippen LogP contribution < -0.4 is 5.32 Å². The zero-order valence-corrected chi connectivity index (χ0v) is 17.5. The maximum Gasteiger partial charge on any atom is 0.234 e. The molecule has 27 heavy (non-hydrogen) atoms. The Morgan fingerprint density at radius 2 is 1.85 bits per heavy atom. The summed E-state index contributed by atoms with van der Waals surface area (Å²) in [4.78, 5) is 12.3. The molecule has 0 bridgehead atoms. The van der Waals surface area contributed by atoms with Crippen LogP contribution in [0.4, 0.5) is 5.69 Å². The van der Waals surface area contributed by atoms with Gasteiger partial charge >= 0.3 is 0 Å². The van der Waals surface area contributed by atoms with E-state index in [9.17, 15) is 4.79 Å². The number of nitrogens with zero attached hydrogens (tertiary/aromatic N) is 3. The van der Waals surface area contributed by atoms with Gasteiger partial charge in [-0.05, 0) is 25.1 Å². The van der Waals surface area contributed by atoms with Gasteiger partial charge in [0.15, 0.2) is 11.0 Å². The maximum absolute atomic E-state index is 12.3. The predicted molar refractivity (Wildman–Crippen MR) is 112 cm³/mol.